The molecule has 3 N–H and O–H groups in total. The summed E-state index contributed by atoms with van der Waals surface area (Å²) in [4.78, 5) is 11.7. The molecule has 0 aliphatic rings. The summed E-state index contributed by atoms with van der Waals surface area (Å²) >= 11 is 9.11. The molecule has 7 heteroatoms. The molecule has 2 aromatic carbocycles. The van der Waals surface area contributed by atoms with Gasteiger partial charge in [-0.05, 0) is 30.7 Å². The number of aryl methyl sites for hydroxylation is 1. The van der Waals surface area contributed by atoms with Crippen LogP contribution in [-0.2, 0) is 0 Å². The molecule has 0 bridgehead atoms. The molecule has 0 atom stereocenters. The molecule has 22 heavy (non-hydrogen) atoms. The zero-order valence-corrected chi connectivity index (χ0v) is 13.9. The lowest BCUT2D eigenvalue weighted by Gasteiger charge is -2.07. The number of rotatable bonds is 3. The molecule has 2 amide bonds. The smallest absolute Gasteiger partial charge is 0.339 e. The number of hydrogen-bond donors (Lipinski definition) is 3. The lowest BCUT2D eigenvalue weighted by Crippen LogP contribution is -2.24. The number of carbonyl (C=O) groups excluding carboxylic acids is 1. The quantitative estimate of drug-likeness (QED) is 0.548. The van der Waals surface area contributed by atoms with E-state index in [-0.39, 0.29) is 10.8 Å². The van der Waals surface area contributed by atoms with Gasteiger partial charge in [-0.25, -0.2) is 10.2 Å². The minimum atomic E-state index is -0.480. The molecule has 0 saturated carbocycles. The van der Waals surface area contributed by atoms with Crippen LogP contribution in [0.15, 0.2) is 46.0 Å². The van der Waals surface area contributed by atoms with Crippen molar-refractivity contribution < 1.29 is 9.90 Å². The van der Waals surface area contributed by atoms with Crippen LogP contribution in [0.5, 0.6) is 5.75 Å². The second-order valence-corrected chi connectivity index (χ2v) is 5.79. The Kier molecular flexibility index (Phi) is 5.41. The highest BCUT2D eigenvalue weighted by Crippen LogP contribution is 2.30. The van der Waals surface area contributed by atoms with E-state index >= 15 is 0 Å². The summed E-state index contributed by atoms with van der Waals surface area (Å²) in [6.45, 7) is 1.89. The Morgan fingerprint density at radius 2 is 2.09 bits per heavy atom. The highest BCUT2D eigenvalue weighted by molar-refractivity contribution is 9.10. The summed E-state index contributed by atoms with van der Waals surface area (Å²) in [6, 6.07) is 10.1. The van der Waals surface area contributed by atoms with Gasteiger partial charge in [-0.1, -0.05) is 45.7 Å². The van der Waals surface area contributed by atoms with Gasteiger partial charge in [0.2, 0.25) is 0 Å². The zero-order chi connectivity index (χ0) is 16.1. The number of anilines is 1. The van der Waals surface area contributed by atoms with E-state index in [4.69, 9.17) is 11.6 Å². The summed E-state index contributed by atoms with van der Waals surface area (Å²) in [5.74, 6) is -0.102. The SMILES string of the molecule is Cc1ccccc1NC(=O)NN=Cc1cc(Br)cc(Cl)c1O. The number of phenolic OH excluding ortho intramolecular Hbond substituents is 1. The van der Waals surface area contributed by atoms with E-state index < -0.39 is 6.03 Å². The number of nitrogens with zero attached hydrogens (tertiary/aromatic N) is 1. The summed E-state index contributed by atoms with van der Waals surface area (Å²) in [7, 11) is 0. The summed E-state index contributed by atoms with van der Waals surface area (Å²) < 4.78 is 0.695. The molecule has 114 valence electrons. The number of para-hydroxylation sites is 1. The van der Waals surface area contributed by atoms with Crippen molar-refractivity contribution in [3.63, 3.8) is 0 Å². The molecular weight excluding hydrogens is 370 g/mol. The fourth-order valence-corrected chi connectivity index (χ4v) is 2.54. The Hall–Kier alpha value is -2.05. The van der Waals surface area contributed by atoms with E-state index in [1.807, 2.05) is 25.1 Å². The number of benzene rings is 2. The van der Waals surface area contributed by atoms with Crippen molar-refractivity contribution in [2.45, 2.75) is 6.92 Å². The molecule has 2 aromatic rings. The van der Waals surface area contributed by atoms with Crippen molar-refractivity contribution in [3.8, 4) is 5.75 Å². The zero-order valence-electron chi connectivity index (χ0n) is 11.6. The maximum absolute atomic E-state index is 11.7. The first-order valence-corrected chi connectivity index (χ1v) is 7.48. The maximum atomic E-state index is 11.7. The molecule has 0 heterocycles. The molecule has 2 rings (SSSR count). The van der Waals surface area contributed by atoms with Crippen molar-refractivity contribution in [1.29, 1.82) is 0 Å². The van der Waals surface area contributed by atoms with Crippen LogP contribution in [0, 0.1) is 6.92 Å². The minimum absolute atomic E-state index is 0.102. The summed E-state index contributed by atoms with van der Waals surface area (Å²) in [5, 5.41) is 16.4. The number of amides is 2. The molecule has 0 aliphatic carbocycles. The topological polar surface area (TPSA) is 73.7 Å². The maximum Gasteiger partial charge on any atom is 0.339 e. The van der Waals surface area contributed by atoms with Crippen LogP contribution in [0.1, 0.15) is 11.1 Å². The number of halogens is 2. The Bertz CT molecular complexity index is 735. The highest BCUT2D eigenvalue weighted by atomic mass is 79.9. The van der Waals surface area contributed by atoms with E-state index in [1.165, 1.54) is 6.21 Å². The Morgan fingerprint density at radius 3 is 2.82 bits per heavy atom. The van der Waals surface area contributed by atoms with Gasteiger partial charge in [0.1, 0.15) is 5.75 Å². The molecule has 0 radical (unpaired) electrons. The van der Waals surface area contributed by atoms with Crippen LogP contribution in [0.2, 0.25) is 5.02 Å². The first kappa shape index (κ1) is 16.3. The monoisotopic (exact) mass is 381 g/mol. The predicted octanol–water partition coefficient (Wildman–Crippen LogP) is 4.27. The molecule has 5 nitrogen and oxygen atoms in total. The fraction of sp³-hybridized carbons (Fsp3) is 0.0667. The normalized spacial score (nSPS) is 10.7. The predicted molar refractivity (Wildman–Crippen MR) is 91.7 cm³/mol. The van der Waals surface area contributed by atoms with Crippen LogP contribution >= 0.6 is 27.5 Å². The fourth-order valence-electron chi connectivity index (χ4n) is 1.71. The number of hydrazone groups is 1. The average Bonchev–Trinajstić information content (AvgIpc) is 2.46. The van der Waals surface area contributed by atoms with Gasteiger partial charge in [-0.3, -0.25) is 0 Å². The van der Waals surface area contributed by atoms with Crippen molar-refractivity contribution >= 4 is 45.5 Å². The van der Waals surface area contributed by atoms with Crippen molar-refractivity contribution in [2.75, 3.05) is 5.32 Å². The van der Waals surface area contributed by atoms with E-state index in [0.717, 1.165) is 5.56 Å². The van der Waals surface area contributed by atoms with E-state index in [9.17, 15) is 9.90 Å². The number of nitrogens with one attached hydrogen (secondary N) is 2. The molecule has 0 aromatic heterocycles. The van der Waals surface area contributed by atoms with Crippen molar-refractivity contribution in [3.05, 3.63) is 57.0 Å². The number of phenols is 1. The van der Waals surface area contributed by atoms with Crippen LogP contribution in [0.25, 0.3) is 0 Å². The highest BCUT2D eigenvalue weighted by Gasteiger charge is 2.06. The van der Waals surface area contributed by atoms with Crippen molar-refractivity contribution in [2.24, 2.45) is 5.10 Å². The Labute approximate surface area is 141 Å². The van der Waals surface area contributed by atoms with Crippen LogP contribution in [0.4, 0.5) is 10.5 Å². The molecule has 0 saturated heterocycles. The van der Waals surface area contributed by atoms with Gasteiger partial charge in [-0.15, -0.1) is 0 Å². The summed E-state index contributed by atoms with van der Waals surface area (Å²) in [5.41, 5.74) is 4.35. The third-order valence-corrected chi connectivity index (χ3v) is 3.57. The first-order valence-electron chi connectivity index (χ1n) is 6.31. The first-order chi connectivity index (χ1) is 10.5. The molecular formula is C15H13BrClN3O2. The van der Waals surface area contributed by atoms with Gasteiger partial charge in [0.05, 0.1) is 11.2 Å². The number of carbonyl (C=O) groups is 1. The lowest BCUT2D eigenvalue weighted by atomic mass is 10.2. The lowest BCUT2D eigenvalue weighted by molar-refractivity contribution is 0.252. The van der Waals surface area contributed by atoms with Crippen LogP contribution < -0.4 is 10.7 Å². The van der Waals surface area contributed by atoms with E-state index in [0.29, 0.717) is 15.7 Å². The number of urea groups is 1. The van der Waals surface area contributed by atoms with Crippen LogP contribution in [0.3, 0.4) is 0 Å². The largest absolute Gasteiger partial charge is 0.506 e. The third-order valence-electron chi connectivity index (χ3n) is 2.82. The molecule has 0 aliphatic heterocycles. The third kappa shape index (κ3) is 4.22. The van der Waals surface area contributed by atoms with Gasteiger partial charge >= 0.3 is 6.03 Å². The number of hydrogen-bond acceptors (Lipinski definition) is 3. The molecule has 0 spiro atoms. The van der Waals surface area contributed by atoms with E-state index in [2.05, 4.69) is 31.8 Å². The van der Waals surface area contributed by atoms with E-state index in [1.54, 1.807) is 18.2 Å². The van der Waals surface area contributed by atoms with Crippen LogP contribution in [-0.4, -0.2) is 17.4 Å². The Morgan fingerprint density at radius 1 is 1.36 bits per heavy atom. The van der Waals surface area contributed by atoms with Gasteiger partial charge in [0.15, 0.2) is 0 Å². The van der Waals surface area contributed by atoms with Gasteiger partial charge in [0, 0.05) is 15.7 Å². The second-order valence-electron chi connectivity index (χ2n) is 4.46. The standard InChI is InChI=1S/C15H13BrClN3O2/c1-9-4-2-3-5-13(9)19-15(22)20-18-8-10-6-11(16)7-12(17)14(10)21/h2-8,21H,1H3,(H2,19,20,22). The number of aromatic hydroxyl groups is 1. The van der Waals surface area contributed by atoms with Gasteiger partial charge < -0.3 is 10.4 Å². The van der Waals surface area contributed by atoms with Crippen molar-refractivity contribution in [1.82, 2.24) is 5.43 Å². The Balaban J connectivity index is 2.01. The summed E-state index contributed by atoms with van der Waals surface area (Å²) in [6.07, 6.45) is 1.31. The molecule has 0 fully saturated rings. The van der Waals surface area contributed by atoms with Gasteiger partial charge in [0.25, 0.3) is 0 Å². The molecule has 0 unspecified atom stereocenters. The van der Waals surface area contributed by atoms with Gasteiger partial charge in [-0.2, -0.15) is 5.10 Å². The second kappa shape index (κ2) is 7.29. The minimum Gasteiger partial charge on any atom is -0.506 e. The average molecular weight is 383 g/mol.